The largest absolute Gasteiger partial charge is 0.465 e. The van der Waals surface area contributed by atoms with Crippen LogP contribution in [0, 0.1) is 5.41 Å². The first-order chi connectivity index (χ1) is 9.47. The minimum absolute atomic E-state index is 0.0930. The van der Waals surface area contributed by atoms with E-state index in [4.69, 9.17) is 5.73 Å². The lowest BCUT2D eigenvalue weighted by Gasteiger charge is -2.27. The van der Waals surface area contributed by atoms with E-state index < -0.39 is 11.4 Å². The Morgan fingerprint density at radius 2 is 2.20 bits per heavy atom. The molecule has 0 radical (unpaired) electrons. The summed E-state index contributed by atoms with van der Waals surface area (Å²) in [5.41, 5.74) is 6.48. The molecule has 1 aliphatic carbocycles. The third kappa shape index (κ3) is 2.67. The number of hydrogen-bond acceptors (Lipinski definition) is 4. The molecule has 108 valence electrons. The van der Waals surface area contributed by atoms with Crippen molar-refractivity contribution in [2.45, 2.75) is 32.2 Å². The Labute approximate surface area is 118 Å². The lowest BCUT2D eigenvalue weighted by atomic mass is 9.84. The molecule has 5 nitrogen and oxygen atoms in total. The number of hydrogen-bond donors (Lipinski definition) is 2. The third-order valence-electron chi connectivity index (χ3n) is 4.09. The van der Waals surface area contributed by atoms with E-state index in [1.807, 2.05) is 6.92 Å². The molecule has 1 aromatic carbocycles. The number of amides is 1. The van der Waals surface area contributed by atoms with Crippen molar-refractivity contribution >= 4 is 17.6 Å². The summed E-state index contributed by atoms with van der Waals surface area (Å²) >= 11 is 0. The molecule has 2 unspecified atom stereocenters. The van der Waals surface area contributed by atoms with Crippen LogP contribution in [0.25, 0.3) is 0 Å². The molecule has 0 heterocycles. The normalized spacial score (nSPS) is 25.2. The first kappa shape index (κ1) is 14.5. The summed E-state index contributed by atoms with van der Waals surface area (Å²) in [5, 5.41) is 2.85. The van der Waals surface area contributed by atoms with Crippen molar-refractivity contribution in [1.29, 1.82) is 0 Å². The van der Waals surface area contributed by atoms with E-state index in [1.54, 1.807) is 24.3 Å². The average Bonchev–Trinajstić information content (AvgIpc) is 2.79. The third-order valence-corrected chi connectivity index (χ3v) is 4.09. The van der Waals surface area contributed by atoms with Crippen molar-refractivity contribution in [2.24, 2.45) is 11.1 Å². The molecule has 1 saturated carbocycles. The van der Waals surface area contributed by atoms with E-state index >= 15 is 0 Å². The Balaban J connectivity index is 2.14. The van der Waals surface area contributed by atoms with Gasteiger partial charge in [-0.05, 0) is 38.0 Å². The summed E-state index contributed by atoms with van der Waals surface area (Å²) in [5.74, 6) is -0.519. The summed E-state index contributed by atoms with van der Waals surface area (Å²) in [7, 11) is 1.33. The molecule has 3 N–H and O–H groups in total. The maximum absolute atomic E-state index is 12.4. The van der Waals surface area contributed by atoms with Gasteiger partial charge in [0.25, 0.3) is 0 Å². The van der Waals surface area contributed by atoms with E-state index in [9.17, 15) is 9.59 Å². The first-order valence-electron chi connectivity index (χ1n) is 6.73. The number of nitrogens with two attached hydrogens (primary N) is 1. The Morgan fingerprint density at radius 1 is 1.45 bits per heavy atom. The van der Waals surface area contributed by atoms with Crippen LogP contribution in [-0.2, 0) is 9.53 Å². The average molecular weight is 276 g/mol. The molecule has 1 aromatic rings. The lowest BCUT2D eigenvalue weighted by Crippen LogP contribution is -2.44. The van der Waals surface area contributed by atoms with Crippen molar-refractivity contribution in [3.63, 3.8) is 0 Å². The highest BCUT2D eigenvalue weighted by Crippen LogP contribution is 2.37. The SMILES string of the molecule is COC(=O)c1cccc(NC(=O)C2(C)CCCC2N)c1. The Bertz CT molecular complexity index is 530. The van der Waals surface area contributed by atoms with Crippen LogP contribution >= 0.6 is 0 Å². The number of ether oxygens (including phenoxy) is 1. The van der Waals surface area contributed by atoms with Crippen LogP contribution in [0.4, 0.5) is 5.69 Å². The van der Waals surface area contributed by atoms with Crippen molar-refractivity contribution in [3.05, 3.63) is 29.8 Å². The van der Waals surface area contributed by atoms with Gasteiger partial charge < -0.3 is 15.8 Å². The number of benzene rings is 1. The number of rotatable bonds is 3. The van der Waals surface area contributed by atoms with Crippen LogP contribution in [-0.4, -0.2) is 25.0 Å². The van der Waals surface area contributed by atoms with Gasteiger partial charge in [-0.15, -0.1) is 0 Å². The topological polar surface area (TPSA) is 81.4 Å². The van der Waals surface area contributed by atoms with Crippen LogP contribution in [0.2, 0.25) is 0 Å². The van der Waals surface area contributed by atoms with Crippen LogP contribution in [0.15, 0.2) is 24.3 Å². The molecule has 2 rings (SSSR count). The first-order valence-corrected chi connectivity index (χ1v) is 6.73. The van der Waals surface area contributed by atoms with Crippen LogP contribution in [0.5, 0.6) is 0 Å². The zero-order valence-electron chi connectivity index (χ0n) is 11.8. The Hall–Kier alpha value is -1.88. The second-order valence-corrected chi connectivity index (χ2v) is 5.44. The van der Waals surface area contributed by atoms with Gasteiger partial charge in [-0.2, -0.15) is 0 Å². The van der Waals surface area contributed by atoms with Gasteiger partial charge in [0.05, 0.1) is 18.1 Å². The quantitative estimate of drug-likeness (QED) is 0.826. The van der Waals surface area contributed by atoms with Crippen LogP contribution in [0.3, 0.4) is 0 Å². The maximum atomic E-state index is 12.4. The molecule has 1 aliphatic rings. The molecule has 0 saturated heterocycles. The van der Waals surface area contributed by atoms with E-state index in [2.05, 4.69) is 10.1 Å². The van der Waals surface area contributed by atoms with Gasteiger partial charge in [0.2, 0.25) is 5.91 Å². The Kier molecular flexibility index (Phi) is 4.09. The summed E-state index contributed by atoms with van der Waals surface area (Å²) in [4.78, 5) is 23.9. The lowest BCUT2D eigenvalue weighted by molar-refractivity contribution is -0.125. The number of anilines is 1. The molecule has 2 atom stereocenters. The van der Waals surface area contributed by atoms with Gasteiger partial charge >= 0.3 is 5.97 Å². The highest BCUT2D eigenvalue weighted by atomic mass is 16.5. The molecule has 1 amide bonds. The molecule has 0 spiro atoms. The monoisotopic (exact) mass is 276 g/mol. The van der Waals surface area contributed by atoms with Gasteiger partial charge in [-0.25, -0.2) is 4.79 Å². The second-order valence-electron chi connectivity index (χ2n) is 5.44. The van der Waals surface area contributed by atoms with Gasteiger partial charge in [-0.3, -0.25) is 4.79 Å². The fourth-order valence-corrected chi connectivity index (χ4v) is 2.59. The molecule has 5 heteroatoms. The van der Waals surface area contributed by atoms with Crippen molar-refractivity contribution < 1.29 is 14.3 Å². The molecular formula is C15H20N2O3. The van der Waals surface area contributed by atoms with E-state index in [0.29, 0.717) is 11.3 Å². The number of carbonyl (C=O) groups excluding carboxylic acids is 2. The van der Waals surface area contributed by atoms with Gasteiger partial charge in [0, 0.05) is 11.7 Å². The van der Waals surface area contributed by atoms with Gasteiger partial charge in [-0.1, -0.05) is 12.5 Å². The zero-order valence-corrected chi connectivity index (χ0v) is 11.8. The van der Waals surface area contributed by atoms with Crippen molar-refractivity contribution in [2.75, 3.05) is 12.4 Å². The molecule has 1 fully saturated rings. The number of esters is 1. The van der Waals surface area contributed by atoms with E-state index in [-0.39, 0.29) is 11.9 Å². The fourth-order valence-electron chi connectivity index (χ4n) is 2.59. The fraction of sp³-hybridized carbons (Fsp3) is 0.467. The summed E-state index contributed by atoms with van der Waals surface area (Å²) in [6.45, 7) is 1.89. The molecule has 0 aromatic heterocycles. The summed E-state index contributed by atoms with van der Waals surface area (Å²) in [6.07, 6.45) is 2.62. The van der Waals surface area contributed by atoms with E-state index in [1.165, 1.54) is 7.11 Å². The van der Waals surface area contributed by atoms with Crippen molar-refractivity contribution in [3.8, 4) is 0 Å². The predicted molar refractivity (Wildman–Crippen MR) is 76.3 cm³/mol. The number of nitrogens with one attached hydrogen (secondary N) is 1. The van der Waals surface area contributed by atoms with Crippen LogP contribution < -0.4 is 11.1 Å². The minimum atomic E-state index is -0.540. The molecule has 0 bridgehead atoms. The Morgan fingerprint density at radius 3 is 2.80 bits per heavy atom. The molecular weight excluding hydrogens is 256 g/mol. The molecule has 0 aliphatic heterocycles. The van der Waals surface area contributed by atoms with Crippen molar-refractivity contribution in [1.82, 2.24) is 0 Å². The maximum Gasteiger partial charge on any atom is 0.337 e. The smallest absolute Gasteiger partial charge is 0.337 e. The highest BCUT2D eigenvalue weighted by molar-refractivity contribution is 5.97. The number of carbonyl (C=O) groups is 2. The second kappa shape index (κ2) is 5.63. The summed E-state index contributed by atoms with van der Waals surface area (Å²) < 4.78 is 4.66. The van der Waals surface area contributed by atoms with Gasteiger partial charge in [0.15, 0.2) is 0 Å². The van der Waals surface area contributed by atoms with E-state index in [0.717, 1.165) is 19.3 Å². The zero-order chi connectivity index (χ0) is 14.8. The number of methoxy groups -OCH3 is 1. The van der Waals surface area contributed by atoms with Gasteiger partial charge in [0.1, 0.15) is 0 Å². The highest BCUT2D eigenvalue weighted by Gasteiger charge is 2.42. The standard InChI is InChI=1S/C15H20N2O3/c1-15(8-4-7-12(15)16)14(19)17-11-6-3-5-10(9-11)13(18)20-2/h3,5-6,9,12H,4,7-8,16H2,1-2H3,(H,17,19). The molecule has 20 heavy (non-hydrogen) atoms. The summed E-state index contributed by atoms with van der Waals surface area (Å²) in [6, 6.07) is 6.58. The minimum Gasteiger partial charge on any atom is -0.465 e. The van der Waals surface area contributed by atoms with Crippen LogP contribution in [0.1, 0.15) is 36.5 Å². The predicted octanol–water partition coefficient (Wildman–Crippen LogP) is 1.93.